The Hall–Kier alpha value is -7.12. The zero-order chi connectivity index (χ0) is 39.3. The number of nitrogens with zero attached hydrogens (tertiary/aromatic N) is 3. The van der Waals surface area contributed by atoms with Crippen molar-refractivity contribution in [3.8, 4) is 0 Å². The predicted molar refractivity (Wildman–Crippen MR) is 208 cm³/mol. The molecule has 1 heterocycles. The van der Waals surface area contributed by atoms with Crippen molar-refractivity contribution in [3.05, 3.63) is 176 Å². The number of aliphatic hydroxyl groups is 1. The molecular formula is C43H35N3O10. The van der Waals surface area contributed by atoms with Crippen LogP contribution >= 0.6 is 0 Å². The fourth-order valence-electron chi connectivity index (χ4n) is 6.50. The molecule has 0 aliphatic carbocycles. The van der Waals surface area contributed by atoms with E-state index in [1.165, 1.54) is 12.1 Å². The predicted octanol–water partition coefficient (Wildman–Crippen LogP) is 4.47. The van der Waals surface area contributed by atoms with Gasteiger partial charge < -0.3 is 19.3 Å². The number of esters is 3. The Morgan fingerprint density at radius 2 is 1.11 bits per heavy atom. The molecule has 0 aliphatic rings. The number of hydrogen-bond donors (Lipinski definition) is 1. The molecule has 13 heteroatoms. The first-order chi connectivity index (χ1) is 27.1. The molecule has 13 nitrogen and oxygen atoms in total. The van der Waals surface area contributed by atoms with Gasteiger partial charge in [-0.15, -0.1) is 0 Å². The van der Waals surface area contributed by atoms with E-state index in [1.807, 2.05) is 54.6 Å². The van der Waals surface area contributed by atoms with Gasteiger partial charge in [0.05, 0.1) is 29.8 Å². The first kappa shape index (κ1) is 37.2. The lowest BCUT2D eigenvalue weighted by Crippen LogP contribution is -2.56. The molecule has 2 atom stereocenters. The maximum absolute atomic E-state index is 13.8. The van der Waals surface area contributed by atoms with Crippen LogP contribution in [0.2, 0.25) is 0 Å². The highest BCUT2D eigenvalue weighted by Crippen LogP contribution is 2.29. The third-order valence-electron chi connectivity index (χ3n) is 9.33. The number of carbonyl (C=O) groups is 3. The zero-order valence-electron chi connectivity index (χ0n) is 30.1. The average molecular weight is 754 g/mol. The van der Waals surface area contributed by atoms with E-state index in [9.17, 15) is 33.9 Å². The summed E-state index contributed by atoms with van der Waals surface area (Å²) in [6.45, 7) is -2.41. The van der Waals surface area contributed by atoms with E-state index in [0.29, 0.717) is 30.0 Å². The first-order valence-corrected chi connectivity index (χ1v) is 17.7. The Kier molecular flexibility index (Phi) is 10.7. The van der Waals surface area contributed by atoms with Crippen LogP contribution in [0.25, 0.3) is 32.3 Å². The van der Waals surface area contributed by atoms with Crippen molar-refractivity contribution in [2.24, 2.45) is 7.05 Å². The lowest BCUT2D eigenvalue weighted by atomic mass is 9.97. The van der Waals surface area contributed by atoms with E-state index < -0.39 is 73.5 Å². The van der Waals surface area contributed by atoms with Gasteiger partial charge in [0.1, 0.15) is 19.3 Å². The summed E-state index contributed by atoms with van der Waals surface area (Å²) >= 11 is 0. The summed E-state index contributed by atoms with van der Waals surface area (Å²) in [5.74, 6) is -2.27. The Balaban J connectivity index is 1.11. The summed E-state index contributed by atoms with van der Waals surface area (Å²) in [6.07, 6.45) is -2.92. The summed E-state index contributed by atoms with van der Waals surface area (Å²) in [5.41, 5.74) is -2.53. The average Bonchev–Trinajstić information content (AvgIpc) is 3.23. The van der Waals surface area contributed by atoms with Gasteiger partial charge in [0.25, 0.3) is 0 Å². The minimum atomic E-state index is -1.55. The van der Waals surface area contributed by atoms with Gasteiger partial charge in [-0.25, -0.2) is 42.5 Å². The molecule has 56 heavy (non-hydrogen) atoms. The van der Waals surface area contributed by atoms with Gasteiger partial charge in [-0.2, -0.15) is 0 Å². The van der Waals surface area contributed by atoms with Crippen LogP contribution in [0.4, 0.5) is 0 Å². The Bertz CT molecular complexity index is 2750. The Labute approximate surface area is 318 Å². The lowest BCUT2D eigenvalue weighted by Gasteiger charge is -2.20. The van der Waals surface area contributed by atoms with Gasteiger partial charge in [-0.3, -0.25) is 0 Å². The van der Waals surface area contributed by atoms with Crippen molar-refractivity contribution < 1.29 is 33.7 Å². The van der Waals surface area contributed by atoms with Crippen molar-refractivity contribution in [2.45, 2.75) is 25.3 Å². The second kappa shape index (κ2) is 16.1. The highest BCUT2D eigenvalue weighted by Gasteiger charge is 2.25. The molecule has 1 aromatic heterocycles. The van der Waals surface area contributed by atoms with E-state index in [0.717, 1.165) is 28.6 Å². The number of ether oxygens (including phenoxy) is 3. The van der Waals surface area contributed by atoms with Crippen LogP contribution in [0.3, 0.4) is 0 Å². The van der Waals surface area contributed by atoms with Crippen molar-refractivity contribution in [1.82, 2.24) is 13.7 Å². The van der Waals surface area contributed by atoms with Gasteiger partial charge in [-0.05, 0) is 62.6 Å². The molecule has 0 bridgehead atoms. The smallest absolute Gasteiger partial charge is 0.339 e. The molecule has 0 spiro atoms. The van der Waals surface area contributed by atoms with Crippen LogP contribution in [0, 0.1) is 0 Å². The summed E-state index contributed by atoms with van der Waals surface area (Å²) < 4.78 is 18.6. The third-order valence-corrected chi connectivity index (χ3v) is 9.33. The highest BCUT2D eigenvalue weighted by molar-refractivity contribution is 6.16. The topological polar surface area (TPSA) is 165 Å². The monoisotopic (exact) mass is 753 g/mol. The second-order valence-corrected chi connectivity index (χ2v) is 13.1. The number of carbonyl (C=O) groups excluding carboxylic acids is 3. The standard InChI is InChI=1S/C43H35N3O10/c1-44-41(51)45(23-33(47)25-54-40(50)37-35-17-9-7-15-30(35)22-31-16-8-10-18-36(31)37)43(53)46(42(44)52)24-34(56-39(49)28-12-3-2-4-13-28)26-55-38(48)32-20-19-27-11-5-6-14-29(27)21-32/h2-22,33-34,47H,23-26H2,1H3. The molecule has 0 amide bonds. The normalized spacial score (nSPS) is 12.3. The third kappa shape index (κ3) is 7.74. The number of hydrogen-bond acceptors (Lipinski definition) is 10. The van der Waals surface area contributed by atoms with Crippen LogP contribution in [-0.2, 0) is 34.3 Å². The highest BCUT2D eigenvalue weighted by atomic mass is 16.6. The van der Waals surface area contributed by atoms with Crippen LogP contribution in [0.5, 0.6) is 0 Å². The van der Waals surface area contributed by atoms with Crippen LogP contribution in [-0.4, -0.2) is 62.1 Å². The number of benzene rings is 6. The van der Waals surface area contributed by atoms with Crippen LogP contribution < -0.4 is 17.1 Å². The van der Waals surface area contributed by atoms with Gasteiger partial charge in [0, 0.05) is 7.05 Å². The molecule has 282 valence electrons. The maximum atomic E-state index is 13.8. The number of fused-ring (bicyclic) bond motifs is 3. The van der Waals surface area contributed by atoms with Crippen molar-refractivity contribution in [2.75, 3.05) is 13.2 Å². The van der Waals surface area contributed by atoms with E-state index >= 15 is 0 Å². The molecular weight excluding hydrogens is 718 g/mol. The molecule has 1 N–H and O–H groups in total. The molecule has 0 fully saturated rings. The molecule has 0 aliphatic heterocycles. The van der Waals surface area contributed by atoms with Gasteiger partial charge >= 0.3 is 35.0 Å². The molecule has 7 aromatic rings. The number of aromatic nitrogens is 3. The Morgan fingerprint density at radius 3 is 1.77 bits per heavy atom. The number of aliphatic hydroxyl groups excluding tert-OH is 1. The van der Waals surface area contributed by atoms with E-state index in [-0.39, 0.29) is 11.1 Å². The van der Waals surface area contributed by atoms with Crippen molar-refractivity contribution in [1.29, 1.82) is 0 Å². The van der Waals surface area contributed by atoms with Gasteiger partial charge in [0.15, 0.2) is 6.10 Å². The van der Waals surface area contributed by atoms with Gasteiger partial charge in [0.2, 0.25) is 0 Å². The lowest BCUT2D eigenvalue weighted by molar-refractivity contribution is -0.00631. The molecule has 7 rings (SSSR count). The van der Waals surface area contributed by atoms with E-state index in [2.05, 4.69) is 0 Å². The molecule has 2 unspecified atom stereocenters. The maximum Gasteiger partial charge on any atom is 0.339 e. The van der Waals surface area contributed by atoms with Gasteiger partial charge in [-0.1, -0.05) is 97.1 Å². The van der Waals surface area contributed by atoms with Crippen molar-refractivity contribution in [3.63, 3.8) is 0 Å². The summed E-state index contributed by atoms with van der Waals surface area (Å²) in [5, 5.41) is 15.6. The van der Waals surface area contributed by atoms with Crippen LogP contribution in [0.1, 0.15) is 31.1 Å². The molecule has 0 radical (unpaired) electrons. The fourth-order valence-corrected chi connectivity index (χ4v) is 6.50. The number of rotatable bonds is 12. The first-order valence-electron chi connectivity index (χ1n) is 17.7. The SMILES string of the molecule is Cn1c(=O)n(CC(O)COC(=O)c2c3ccccc3cc3ccccc23)c(=O)n(CC(COC(=O)c2ccc3ccccc3c2)OC(=O)c2ccccc2)c1=O. The molecule has 0 saturated carbocycles. The minimum absolute atomic E-state index is 0.165. The Morgan fingerprint density at radius 1 is 0.554 bits per heavy atom. The summed E-state index contributed by atoms with van der Waals surface area (Å²) in [7, 11) is 1.14. The van der Waals surface area contributed by atoms with E-state index in [4.69, 9.17) is 14.2 Å². The molecule has 0 saturated heterocycles. The summed E-state index contributed by atoms with van der Waals surface area (Å²) in [6, 6.07) is 36.9. The minimum Gasteiger partial charge on any atom is -0.459 e. The largest absolute Gasteiger partial charge is 0.459 e. The van der Waals surface area contributed by atoms with Crippen LogP contribution in [0.15, 0.2) is 142 Å². The summed E-state index contributed by atoms with van der Waals surface area (Å²) in [4.78, 5) is 80.1. The molecule has 6 aromatic carbocycles. The fraction of sp³-hybridized carbons (Fsp3) is 0.163. The van der Waals surface area contributed by atoms with Crippen molar-refractivity contribution >= 4 is 50.2 Å². The second-order valence-electron chi connectivity index (χ2n) is 13.1. The zero-order valence-corrected chi connectivity index (χ0v) is 30.1. The van der Waals surface area contributed by atoms with E-state index in [1.54, 1.807) is 60.7 Å². The quantitative estimate of drug-likeness (QED) is 0.107.